The first kappa shape index (κ1) is 8.44. The molecule has 0 fully saturated rings. The molecule has 0 bridgehead atoms. The van der Waals surface area contributed by atoms with Crippen LogP contribution in [0, 0.1) is 5.82 Å². The largest absolute Gasteiger partial charge is 0.275 e. The first-order valence-electron chi connectivity index (χ1n) is 3.72. The van der Waals surface area contributed by atoms with Gasteiger partial charge in [-0.25, -0.2) is 4.39 Å². The van der Waals surface area contributed by atoms with Crippen LogP contribution >= 0.6 is 15.9 Å². The summed E-state index contributed by atoms with van der Waals surface area (Å²) in [6.45, 7) is 0. The van der Waals surface area contributed by atoms with Crippen LogP contribution in [0.1, 0.15) is 0 Å². The molecule has 0 saturated heterocycles. The first-order chi connectivity index (χ1) is 6.27. The number of nitrogens with one attached hydrogen (secondary N) is 1. The summed E-state index contributed by atoms with van der Waals surface area (Å²) in [5.74, 6) is -0.331. The summed E-state index contributed by atoms with van der Waals surface area (Å²) in [6, 6.07) is 7.35. The lowest BCUT2D eigenvalue weighted by atomic mass is 10.1. The van der Waals surface area contributed by atoms with Crippen molar-refractivity contribution in [3.05, 3.63) is 40.8 Å². The summed E-state index contributed by atoms with van der Waals surface area (Å²) >= 11 is 3.31. The summed E-state index contributed by atoms with van der Waals surface area (Å²) < 4.78 is 14.0. The molecule has 1 heterocycles. The number of benzene rings is 1. The van der Waals surface area contributed by atoms with Gasteiger partial charge >= 0.3 is 0 Å². The van der Waals surface area contributed by atoms with Crippen molar-refractivity contribution in [2.75, 3.05) is 0 Å². The fourth-order valence-corrected chi connectivity index (χ4v) is 1.35. The van der Waals surface area contributed by atoms with E-state index >= 15 is 0 Å². The van der Waals surface area contributed by atoms with E-state index in [2.05, 4.69) is 26.1 Å². The highest BCUT2D eigenvalue weighted by Crippen LogP contribution is 2.21. The molecule has 0 amide bonds. The van der Waals surface area contributed by atoms with Gasteiger partial charge in [-0.3, -0.25) is 5.10 Å². The van der Waals surface area contributed by atoms with Gasteiger partial charge in [-0.15, -0.1) is 0 Å². The summed E-state index contributed by atoms with van der Waals surface area (Å²) in [5, 5.41) is 6.21. The van der Waals surface area contributed by atoms with Crippen LogP contribution in [0.2, 0.25) is 0 Å². The maximum absolute atomic E-state index is 13.0. The van der Waals surface area contributed by atoms with Gasteiger partial charge in [0.25, 0.3) is 0 Å². The lowest BCUT2D eigenvalue weighted by Gasteiger charge is -1.97. The standard InChI is InChI=1S/C9H6BrFN2/c10-7-3-1-6(2-4-7)9-8(11)5-12-13-9/h1-5H,(H,12,13). The van der Waals surface area contributed by atoms with E-state index in [1.165, 1.54) is 0 Å². The average molecular weight is 241 g/mol. The number of rotatable bonds is 1. The van der Waals surface area contributed by atoms with Gasteiger partial charge < -0.3 is 0 Å². The molecule has 0 unspecified atom stereocenters. The Labute approximate surface area is 82.9 Å². The molecule has 2 nitrogen and oxygen atoms in total. The number of halogens is 2. The molecular formula is C9H6BrFN2. The van der Waals surface area contributed by atoms with E-state index in [4.69, 9.17) is 0 Å². The summed E-state index contributed by atoms with van der Waals surface area (Å²) in [7, 11) is 0. The maximum atomic E-state index is 13.0. The molecule has 1 aromatic carbocycles. The molecule has 66 valence electrons. The van der Waals surface area contributed by atoms with E-state index in [0.29, 0.717) is 5.69 Å². The number of nitrogens with zero attached hydrogens (tertiary/aromatic N) is 1. The molecule has 0 spiro atoms. The first-order valence-corrected chi connectivity index (χ1v) is 4.51. The molecule has 0 aliphatic rings. The van der Waals surface area contributed by atoms with Crippen LogP contribution in [0.3, 0.4) is 0 Å². The second kappa shape index (κ2) is 3.30. The number of H-pyrrole nitrogens is 1. The molecule has 1 N–H and O–H groups in total. The summed E-state index contributed by atoms with van der Waals surface area (Å²) in [6.07, 6.45) is 1.16. The quantitative estimate of drug-likeness (QED) is 0.816. The molecule has 2 rings (SSSR count). The highest BCUT2D eigenvalue weighted by Gasteiger charge is 2.05. The second-order valence-corrected chi connectivity index (χ2v) is 3.52. The van der Waals surface area contributed by atoms with Gasteiger partial charge in [0, 0.05) is 10.0 Å². The summed E-state index contributed by atoms with van der Waals surface area (Å²) in [5.41, 5.74) is 1.21. The van der Waals surface area contributed by atoms with Crippen LogP contribution in [0.25, 0.3) is 11.3 Å². The van der Waals surface area contributed by atoms with Gasteiger partial charge in [0.05, 0.1) is 6.20 Å². The van der Waals surface area contributed by atoms with Crippen molar-refractivity contribution < 1.29 is 4.39 Å². The van der Waals surface area contributed by atoms with Crippen molar-refractivity contribution in [3.63, 3.8) is 0 Å². The molecule has 0 aliphatic heterocycles. The predicted octanol–water partition coefficient (Wildman–Crippen LogP) is 2.98. The molecule has 13 heavy (non-hydrogen) atoms. The number of hydrogen-bond acceptors (Lipinski definition) is 1. The Kier molecular flexibility index (Phi) is 2.14. The lowest BCUT2D eigenvalue weighted by Crippen LogP contribution is -1.80. The van der Waals surface area contributed by atoms with Gasteiger partial charge in [0.1, 0.15) is 5.69 Å². The van der Waals surface area contributed by atoms with Gasteiger partial charge in [-0.1, -0.05) is 28.1 Å². The molecular weight excluding hydrogens is 235 g/mol. The molecule has 0 radical (unpaired) electrons. The fourth-order valence-electron chi connectivity index (χ4n) is 1.09. The van der Waals surface area contributed by atoms with Crippen molar-refractivity contribution in [1.29, 1.82) is 0 Å². The van der Waals surface area contributed by atoms with Crippen molar-refractivity contribution in [3.8, 4) is 11.3 Å². The Balaban J connectivity index is 2.47. The molecule has 0 atom stereocenters. The van der Waals surface area contributed by atoms with Crippen LogP contribution < -0.4 is 0 Å². The van der Waals surface area contributed by atoms with Crippen LogP contribution in [-0.2, 0) is 0 Å². The van der Waals surface area contributed by atoms with Crippen molar-refractivity contribution in [1.82, 2.24) is 10.2 Å². The molecule has 1 aromatic heterocycles. The van der Waals surface area contributed by atoms with Crippen LogP contribution in [0.15, 0.2) is 34.9 Å². The number of aromatic amines is 1. The van der Waals surface area contributed by atoms with Crippen molar-refractivity contribution in [2.24, 2.45) is 0 Å². The fraction of sp³-hybridized carbons (Fsp3) is 0. The Hall–Kier alpha value is -1.16. The minimum Gasteiger partial charge on any atom is -0.275 e. The summed E-state index contributed by atoms with van der Waals surface area (Å²) in [4.78, 5) is 0. The van der Waals surface area contributed by atoms with E-state index < -0.39 is 0 Å². The minimum atomic E-state index is -0.331. The minimum absolute atomic E-state index is 0.331. The smallest absolute Gasteiger partial charge is 0.168 e. The van der Waals surface area contributed by atoms with Gasteiger partial charge in [0.15, 0.2) is 5.82 Å². The third-order valence-electron chi connectivity index (χ3n) is 1.73. The average Bonchev–Trinajstić information content (AvgIpc) is 2.53. The van der Waals surface area contributed by atoms with Gasteiger partial charge in [-0.05, 0) is 12.1 Å². The van der Waals surface area contributed by atoms with E-state index in [-0.39, 0.29) is 5.82 Å². The Morgan fingerprint density at radius 1 is 1.23 bits per heavy atom. The highest BCUT2D eigenvalue weighted by molar-refractivity contribution is 9.10. The predicted molar refractivity (Wildman–Crippen MR) is 51.7 cm³/mol. The van der Waals surface area contributed by atoms with E-state index in [9.17, 15) is 4.39 Å². The lowest BCUT2D eigenvalue weighted by molar-refractivity contribution is 0.632. The molecule has 2 aromatic rings. The Morgan fingerprint density at radius 3 is 2.46 bits per heavy atom. The van der Waals surface area contributed by atoms with Gasteiger partial charge in [-0.2, -0.15) is 5.10 Å². The van der Waals surface area contributed by atoms with E-state index in [0.717, 1.165) is 16.2 Å². The van der Waals surface area contributed by atoms with Crippen LogP contribution in [0.4, 0.5) is 4.39 Å². The second-order valence-electron chi connectivity index (χ2n) is 2.60. The highest BCUT2D eigenvalue weighted by atomic mass is 79.9. The normalized spacial score (nSPS) is 10.3. The van der Waals surface area contributed by atoms with E-state index in [1.54, 1.807) is 0 Å². The van der Waals surface area contributed by atoms with Crippen LogP contribution in [0.5, 0.6) is 0 Å². The van der Waals surface area contributed by atoms with Crippen molar-refractivity contribution >= 4 is 15.9 Å². The maximum Gasteiger partial charge on any atom is 0.168 e. The molecule has 0 saturated carbocycles. The third-order valence-corrected chi connectivity index (χ3v) is 2.25. The Bertz CT molecular complexity index is 408. The number of aromatic nitrogens is 2. The molecule has 0 aliphatic carbocycles. The third kappa shape index (κ3) is 1.62. The number of hydrogen-bond donors (Lipinski definition) is 1. The Morgan fingerprint density at radius 2 is 1.92 bits per heavy atom. The zero-order chi connectivity index (χ0) is 9.26. The zero-order valence-corrected chi connectivity index (χ0v) is 8.18. The zero-order valence-electron chi connectivity index (χ0n) is 6.59. The van der Waals surface area contributed by atoms with Crippen molar-refractivity contribution in [2.45, 2.75) is 0 Å². The monoisotopic (exact) mass is 240 g/mol. The SMILES string of the molecule is Fc1cn[nH]c1-c1ccc(Br)cc1. The van der Waals surface area contributed by atoms with Crippen LogP contribution in [-0.4, -0.2) is 10.2 Å². The van der Waals surface area contributed by atoms with Gasteiger partial charge in [0.2, 0.25) is 0 Å². The van der Waals surface area contributed by atoms with E-state index in [1.807, 2.05) is 24.3 Å². The topological polar surface area (TPSA) is 28.7 Å². The molecule has 4 heteroatoms.